The summed E-state index contributed by atoms with van der Waals surface area (Å²) >= 11 is 0. The molecule has 2 aliphatic heterocycles. The average molecular weight is 448 g/mol. The molecule has 4 heterocycles. The molecule has 5 rings (SSSR count). The van der Waals surface area contributed by atoms with Crippen molar-refractivity contribution in [1.29, 1.82) is 0 Å². The van der Waals surface area contributed by atoms with Crippen LogP contribution in [0.4, 0.5) is 16.2 Å². The van der Waals surface area contributed by atoms with Crippen LogP contribution >= 0.6 is 0 Å². The first-order chi connectivity index (χ1) is 16.1. The minimum atomic E-state index is -0.270. The summed E-state index contributed by atoms with van der Waals surface area (Å²) in [6.45, 7) is 6.13. The summed E-state index contributed by atoms with van der Waals surface area (Å²) in [4.78, 5) is 25.3. The molecular formula is C25H29N5O3. The van der Waals surface area contributed by atoms with Crippen molar-refractivity contribution in [1.82, 2.24) is 15.3 Å². The molecule has 2 fully saturated rings. The van der Waals surface area contributed by atoms with Gasteiger partial charge in [0.25, 0.3) is 0 Å². The van der Waals surface area contributed by atoms with Gasteiger partial charge < -0.3 is 19.7 Å². The van der Waals surface area contributed by atoms with Crippen molar-refractivity contribution < 1.29 is 14.3 Å². The molecule has 1 amide bonds. The Morgan fingerprint density at radius 2 is 1.91 bits per heavy atom. The van der Waals surface area contributed by atoms with Crippen LogP contribution in [0.5, 0.6) is 5.88 Å². The highest BCUT2D eigenvalue weighted by Gasteiger charge is 2.33. The molecule has 2 aromatic heterocycles. The Balaban J connectivity index is 1.10. The van der Waals surface area contributed by atoms with E-state index in [1.165, 1.54) is 5.56 Å². The molecule has 0 unspecified atom stereocenters. The molecule has 8 heteroatoms. The lowest BCUT2D eigenvalue weighted by atomic mass is 9.99. The highest BCUT2D eigenvalue weighted by Crippen LogP contribution is 2.30. The SMILES string of the molecule is CCc1ccc(N2C[C@@H](CNCC3CN(c4ccnc5ccc(OC)nc45)C3)OC2=O)cc1. The van der Waals surface area contributed by atoms with Crippen LogP contribution in [-0.4, -0.2) is 62.0 Å². The summed E-state index contributed by atoms with van der Waals surface area (Å²) in [5.41, 5.74) is 4.97. The number of anilines is 2. The van der Waals surface area contributed by atoms with Crippen LogP contribution in [0, 0.1) is 5.92 Å². The van der Waals surface area contributed by atoms with Crippen molar-refractivity contribution in [2.24, 2.45) is 5.92 Å². The zero-order chi connectivity index (χ0) is 22.8. The predicted molar refractivity (Wildman–Crippen MR) is 128 cm³/mol. The predicted octanol–water partition coefficient (Wildman–Crippen LogP) is 3.25. The number of hydrogen-bond donors (Lipinski definition) is 1. The number of cyclic esters (lactones) is 1. The number of nitrogens with zero attached hydrogens (tertiary/aromatic N) is 4. The molecule has 33 heavy (non-hydrogen) atoms. The third-order valence-corrected chi connectivity index (χ3v) is 6.38. The summed E-state index contributed by atoms with van der Waals surface area (Å²) in [7, 11) is 1.62. The van der Waals surface area contributed by atoms with E-state index in [0.29, 0.717) is 24.9 Å². The van der Waals surface area contributed by atoms with Gasteiger partial charge in [-0.15, -0.1) is 0 Å². The number of benzene rings is 1. The molecule has 1 N–H and O–H groups in total. The van der Waals surface area contributed by atoms with Crippen LogP contribution in [0.3, 0.4) is 0 Å². The fraction of sp³-hybridized carbons (Fsp3) is 0.400. The van der Waals surface area contributed by atoms with Gasteiger partial charge >= 0.3 is 6.09 Å². The normalized spacial score (nSPS) is 18.5. The van der Waals surface area contributed by atoms with Gasteiger partial charge in [0, 0.05) is 50.0 Å². The molecule has 0 aliphatic carbocycles. The van der Waals surface area contributed by atoms with E-state index in [0.717, 1.165) is 48.5 Å². The number of carbonyl (C=O) groups is 1. The van der Waals surface area contributed by atoms with Gasteiger partial charge in [-0.3, -0.25) is 9.88 Å². The lowest BCUT2D eigenvalue weighted by molar-refractivity contribution is 0.139. The van der Waals surface area contributed by atoms with Gasteiger partial charge in [0.2, 0.25) is 5.88 Å². The molecule has 3 aromatic rings. The van der Waals surface area contributed by atoms with E-state index in [2.05, 4.69) is 39.2 Å². The summed E-state index contributed by atoms with van der Waals surface area (Å²) in [6.07, 6.45) is 2.40. The van der Waals surface area contributed by atoms with Crippen molar-refractivity contribution in [2.45, 2.75) is 19.4 Å². The lowest BCUT2D eigenvalue weighted by Crippen LogP contribution is -2.51. The van der Waals surface area contributed by atoms with Gasteiger partial charge in [-0.05, 0) is 36.2 Å². The third-order valence-electron chi connectivity index (χ3n) is 6.38. The number of hydrogen-bond acceptors (Lipinski definition) is 7. The lowest BCUT2D eigenvalue weighted by Gasteiger charge is -2.41. The summed E-state index contributed by atoms with van der Waals surface area (Å²) in [5, 5.41) is 3.49. The van der Waals surface area contributed by atoms with Crippen LogP contribution in [0.1, 0.15) is 12.5 Å². The Morgan fingerprint density at radius 1 is 1.09 bits per heavy atom. The first-order valence-corrected chi connectivity index (χ1v) is 11.5. The number of aryl methyl sites for hydroxylation is 1. The first-order valence-electron chi connectivity index (χ1n) is 11.5. The van der Waals surface area contributed by atoms with Crippen molar-refractivity contribution in [3.8, 4) is 5.88 Å². The summed E-state index contributed by atoms with van der Waals surface area (Å²) < 4.78 is 10.8. The molecule has 1 atom stereocenters. The second-order valence-electron chi connectivity index (χ2n) is 8.62. The Bertz CT molecular complexity index is 1130. The highest BCUT2D eigenvalue weighted by molar-refractivity contribution is 5.90. The zero-order valence-electron chi connectivity index (χ0n) is 19.0. The van der Waals surface area contributed by atoms with Gasteiger partial charge in [-0.2, -0.15) is 0 Å². The van der Waals surface area contributed by atoms with Gasteiger partial charge in [0.15, 0.2) is 0 Å². The van der Waals surface area contributed by atoms with Crippen molar-refractivity contribution >= 4 is 28.5 Å². The van der Waals surface area contributed by atoms with Crippen LogP contribution in [0.2, 0.25) is 0 Å². The maximum Gasteiger partial charge on any atom is 0.414 e. The van der Waals surface area contributed by atoms with Crippen LogP contribution in [0.15, 0.2) is 48.7 Å². The fourth-order valence-corrected chi connectivity index (χ4v) is 4.46. The van der Waals surface area contributed by atoms with Crippen molar-refractivity contribution in [3.05, 3.63) is 54.2 Å². The monoisotopic (exact) mass is 447 g/mol. The minimum absolute atomic E-state index is 0.139. The largest absolute Gasteiger partial charge is 0.481 e. The molecule has 0 radical (unpaired) electrons. The van der Waals surface area contributed by atoms with Gasteiger partial charge in [0.1, 0.15) is 11.6 Å². The molecular weight excluding hydrogens is 418 g/mol. The van der Waals surface area contributed by atoms with E-state index in [-0.39, 0.29) is 12.2 Å². The molecule has 0 saturated carbocycles. The van der Waals surface area contributed by atoms with E-state index in [4.69, 9.17) is 9.47 Å². The number of carbonyl (C=O) groups excluding carboxylic acids is 1. The third kappa shape index (κ3) is 4.43. The van der Waals surface area contributed by atoms with Gasteiger partial charge in [-0.1, -0.05) is 19.1 Å². The average Bonchev–Trinajstić information content (AvgIpc) is 3.20. The number of nitrogens with one attached hydrogen (secondary N) is 1. The Morgan fingerprint density at radius 3 is 2.67 bits per heavy atom. The Labute approximate surface area is 193 Å². The second-order valence-corrected chi connectivity index (χ2v) is 8.62. The maximum absolute atomic E-state index is 12.3. The van der Waals surface area contributed by atoms with Gasteiger partial charge in [0.05, 0.1) is 24.9 Å². The topological polar surface area (TPSA) is 79.8 Å². The summed E-state index contributed by atoms with van der Waals surface area (Å²) in [5.74, 6) is 1.13. The van der Waals surface area contributed by atoms with E-state index in [1.807, 2.05) is 36.5 Å². The number of ether oxygens (including phenoxy) is 2. The molecule has 1 aromatic carbocycles. The smallest absolute Gasteiger partial charge is 0.414 e. The van der Waals surface area contributed by atoms with Crippen LogP contribution in [0.25, 0.3) is 11.0 Å². The molecule has 2 aliphatic rings. The van der Waals surface area contributed by atoms with E-state index in [1.54, 1.807) is 12.0 Å². The molecule has 0 bridgehead atoms. The summed E-state index contributed by atoms with van der Waals surface area (Å²) in [6, 6.07) is 13.9. The number of amides is 1. The number of aromatic nitrogens is 2. The highest BCUT2D eigenvalue weighted by atomic mass is 16.6. The molecule has 8 nitrogen and oxygen atoms in total. The standard InChI is InChI=1S/C25H29N5O3/c1-3-17-4-6-19(7-5-17)30-16-20(33-25(30)31)13-26-12-18-14-29(15-18)22-10-11-27-21-8-9-23(32-2)28-24(21)22/h4-11,18,20,26H,3,12-16H2,1-2H3/t20-/m1/s1. The first kappa shape index (κ1) is 21.5. The number of pyridine rings is 2. The number of methoxy groups -OCH3 is 1. The van der Waals surface area contributed by atoms with Crippen molar-refractivity contribution in [2.75, 3.05) is 49.6 Å². The Kier molecular flexibility index (Phi) is 6.00. The molecule has 2 saturated heterocycles. The number of rotatable bonds is 8. The quantitative estimate of drug-likeness (QED) is 0.568. The van der Waals surface area contributed by atoms with Crippen molar-refractivity contribution in [3.63, 3.8) is 0 Å². The Hall–Kier alpha value is -3.39. The van der Waals surface area contributed by atoms with Gasteiger partial charge in [-0.25, -0.2) is 9.78 Å². The van der Waals surface area contributed by atoms with Crippen LogP contribution < -0.4 is 19.9 Å². The molecule has 0 spiro atoms. The van der Waals surface area contributed by atoms with Crippen LogP contribution in [-0.2, 0) is 11.2 Å². The van der Waals surface area contributed by atoms with E-state index >= 15 is 0 Å². The molecule has 172 valence electrons. The maximum atomic E-state index is 12.3. The van der Waals surface area contributed by atoms with E-state index < -0.39 is 0 Å². The minimum Gasteiger partial charge on any atom is -0.481 e. The fourth-order valence-electron chi connectivity index (χ4n) is 4.46. The second kappa shape index (κ2) is 9.23. The number of fused-ring (bicyclic) bond motifs is 1. The zero-order valence-corrected chi connectivity index (χ0v) is 19.0. The van der Waals surface area contributed by atoms with E-state index in [9.17, 15) is 4.79 Å².